The van der Waals surface area contributed by atoms with Gasteiger partial charge in [0, 0.05) is 23.1 Å². The summed E-state index contributed by atoms with van der Waals surface area (Å²) in [5.41, 5.74) is 1.95. The molecule has 2 aromatic rings. The summed E-state index contributed by atoms with van der Waals surface area (Å²) in [4.78, 5) is 11.9. The fourth-order valence-corrected chi connectivity index (χ4v) is 2.90. The SMILES string of the molecule is Cc1noc(C)c1CSCC(=O)Nc1cccc(OC(F)(F)F)c1. The average Bonchev–Trinajstić information content (AvgIpc) is 2.77. The summed E-state index contributed by atoms with van der Waals surface area (Å²) in [5, 5.41) is 6.36. The summed E-state index contributed by atoms with van der Waals surface area (Å²) in [6.45, 7) is 3.61. The number of thioether (sulfide) groups is 1. The van der Waals surface area contributed by atoms with Crippen LogP contribution in [0.3, 0.4) is 0 Å². The Morgan fingerprint density at radius 1 is 1.38 bits per heavy atom. The Labute approximate surface area is 140 Å². The maximum absolute atomic E-state index is 12.2. The van der Waals surface area contributed by atoms with E-state index in [1.54, 1.807) is 6.92 Å². The summed E-state index contributed by atoms with van der Waals surface area (Å²) in [6.07, 6.45) is -4.77. The standard InChI is InChI=1S/C15H15F3N2O3S/c1-9-13(10(2)23-20-9)7-24-8-14(21)19-11-4-3-5-12(6-11)22-15(16,17)18/h3-6H,7-8H2,1-2H3,(H,19,21). The third kappa shape index (κ3) is 5.48. The molecule has 9 heteroatoms. The third-order valence-corrected chi connectivity index (χ3v) is 3.97. The second-order valence-corrected chi connectivity index (χ2v) is 5.90. The molecule has 130 valence electrons. The fourth-order valence-electron chi connectivity index (χ4n) is 1.92. The molecular formula is C15H15F3N2O3S. The van der Waals surface area contributed by atoms with E-state index < -0.39 is 6.36 Å². The molecule has 2 rings (SSSR count). The van der Waals surface area contributed by atoms with E-state index >= 15 is 0 Å². The van der Waals surface area contributed by atoms with Crippen LogP contribution in [-0.2, 0) is 10.5 Å². The number of rotatable bonds is 6. The van der Waals surface area contributed by atoms with Crippen LogP contribution in [0.4, 0.5) is 18.9 Å². The summed E-state index contributed by atoms with van der Waals surface area (Å²) in [6, 6.07) is 5.13. The number of benzene rings is 1. The van der Waals surface area contributed by atoms with Gasteiger partial charge in [0.2, 0.25) is 5.91 Å². The molecule has 24 heavy (non-hydrogen) atoms. The molecule has 0 radical (unpaired) electrons. The van der Waals surface area contributed by atoms with Crippen LogP contribution in [-0.4, -0.2) is 23.2 Å². The number of carbonyl (C=O) groups excluding carboxylic acids is 1. The zero-order chi connectivity index (χ0) is 17.7. The van der Waals surface area contributed by atoms with Crippen molar-refractivity contribution in [1.29, 1.82) is 0 Å². The van der Waals surface area contributed by atoms with Gasteiger partial charge in [-0.05, 0) is 26.0 Å². The van der Waals surface area contributed by atoms with Crippen LogP contribution in [0, 0.1) is 13.8 Å². The van der Waals surface area contributed by atoms with Gasteiger partial charge in [0.05, 0.1) is 11.4 Å². The molecule has 0 unspecified atom stereocenters. The summed E-state index contributed by atoms with van der Waals surface area (Å²) < 4.78 is 45.4. The minimum Gasteiger partial charge on any atom is -0.406 e. The number of nitrogens with one attached hydrogen (secondary N) is 1. The van der Waals surface area contributed by atoms with E-state index in [1.165, 1.54) is 23.9 Å². The number of anilines is 1. The lowest BCUT2D eigenvalue weighted by molar-refractivity contribution is -0.274. The predicted molar refractivity (Wildman–Crippen MR) is 83.9 cm³/mol. The summed E-state index contributed by atoms with van der Waals surface area (Å²) in [5.74, 6) is 0.706. The molecule has 0 saturated heterocycles. The van der Waals surface area contributed by atoms with E-state index in [4.69, 9.17) is 4.52 Å². The first-order valence-corrected chi connectivity index (χ1v) is 8.05. The third-order valence-electron chi connectivity index (χ3n) is 3.01. The molecule has 1 amide bonds. The number of nitrogens with zero attached hydrogens (tertiary/aromatic N) is 1. The van der Waals surface area contributed by atoms with Gasteiger partial charge in [-0.25, -0.2) is 0 Å². The first-order valence-electron chi connectivity index (χ1n) is 6.90. The molecule has 0 spiro atoms. The summed E-state index contributed by atoms with van der Waals surface area (Å²) >= 11 is 1.36. The van der Waals surface area contributed by atoms with Gasteiger partial charge in [-0.1, -0.05) is 11.2 Å². The van der Waals surface area contributed by atoms with Crippen LogP contribution in [0.2, 0.25) is 0 Å². The Kier molecular flexibility index (Phi) is 5.76. The minimum absolute atomic E-state index is 0.147. The smallest absolute Gasteiger partial charge is 0.406 e. The van der Waals surface area contributed by atoms with Gasteiger partial charge >= 0.3 is 6.36 Å². The van der Waals surface area contributed by atoms with Crippen LogP contribution in [0.25, 0.3) is 0 Å². The van der Waals surface area contributed by atoms with E-state index in [0.29, 0.717) is 11.5 Å². The molecule has 1 heterocycles. The van der Waals surface area contributed by atoms with E-state index in [1.807, 2.05) is 6.92 Å². The molecule has 5 nitrogen and oxygen atoms in total. The Balaban J connectivity index is 1.85. The number of amides is 1. The first kappa shape index (κ1) is 18.2. The normalized spacial score (nSPS) is 11.4. The first-order chi connectivity index (χ1) is 11.2. The number of carbonyl (C=O) groups is 1. The Morgan fingerprint density at radius 2 is 2.12 bits per heavy atom. The molecule has 1 aromatic carbocycles. The van der Waals surface area contributed by atoms with Gasteiger partial charge in [0.25, 0.3) is 0 Å². The maximum atomic E-state index is 12.2. The molecule has 0 aliphatic carbocycles. The van der Waals surface area contributed by atoms with E-state index in [2.05, 4.69) is 15.2 Å². The van der Waals surface area contributed by atoms with Crippen molar-refractivity contribution in [3.63, 3.8) is 0 Å². The van der Waals surface area contributed by atoms with Crippen molar-refractivity contribution in [1.82, 2.24) is 5.16 Å². The molecule has 0 atom stereocenters. The molecule has 1 aromatic heterocycles. The van der Waals surface area contributed by atoms with Crippen molar-refractivity contribution in [2.45, 2.75) is 26.0 Å². The van der Waals surface area contributed by atoms with Crippen molar-refractivity contribution in [3.8, 4) is 5.75 Å². The molecule has 0 fully saturated rings. The van der Waals surface area contributed by atoms with Gasteiger partial charge in [-0.3, -0.25) is 4.79 Å². The molecule has 0 aliphatic heterocycles. The number of aromatic nitrogens is 1. The van der Waals surface area contributed by atoms with Gasteiger partial charge < -0.3 is 14.6 Å². The second-order valence-electron chi connectivity index (χ2n) is 4.92. The lowest BCUT2D eigenvalue weighted by atomic mass is 10.2. The quantitative estimate of drug-likeness (QED) is 0.842. The molecule has 0 saturated carbocycles. The van der Waals surface area contributed by atoms with Crippen molar-refractivity contribution >= 4 is 23.4 Å². The second kappa shape index (κ2) is 7.61. The van der Waals surface area contributed by atoms with Crippen molar-refractivity contribution in [2.75, 3.05) is 11.1 Å². The Bertz CT molecular complexity index is 697. The highest BCUT2D eigenvalue weighted by atomic mass is 32.2. The van der Waals surface area contributed by atoms with Crippen LogP contribution >= 0.6 is 11.8 Å². The minimum atomic E-state index is -4.77. The van der Waals surface area contributed by atoms with Gasteiger partial charge in [-0.15, -0.1) is 24.9 Å². The zero-order valence-corrected chi connectivity index (χ0v) is 13.8. The fraction of sp³-hybridized carbons (Fsp3) is 0.333. The Hall–Kier alpha value is -2.16. The average molecular weight is 360 g/mol. The van der Waals surface area contributed by atoms with Gasteiger partial charge in [-0.2, -0.15) is 0 Å². The topological polar surface area (TPSA) is 64.4 Å². The number of alkyl halides is 3. The zero-order valence-electron chi connectivity index (χ0n) is 12.9. The van der Waals surface area contributed by atoms with E-state index in [0.717, 1.165) is 23.4 Å². The number of aryl methyl sites for hydroxylation is 2. The van der Waals surface area contributed by atoms with Gasteiger partial charge in [0.1, 0.15) is 11.5 Å². The van der Waals surface area contributed by atoms with Crippen LogP contribution in [0.15, 0.2) is 28.8 Å². The maximum Gasteiger partial charge on any atom is 0.573 e. The number of hydrogen-bond acceptors (Lipinski definition) is 5. The highest BCUT2D eigenvalue weighted by Gasteiger charge is 2.31. The van der Waals surface area contributed by atoms with Crippen LogP contribution < -0.4 is 10.1 Å². The highest BCUT2D eigenvalue weighted by Crippen LogP contribution is 2.25. The largest absolute Gasteiger partial charge is 0.573 e. The highest BCUT2D eigenvalue weighted by molar-refractivity contribution is 7.99. The molecular weight excluding hydrogens is 345 g/mol. The van der Waals surface area contributed by atoms with Crippen LogP contribution in [0.1, 0.15) is 17.0 Å². The number of halogens is 3. The molecule has 0 bridgehead atoms. The van der Waals surface area contributed by atoms with Crippen molar-refractivity contribution in [2.24, 2.45) is 0 Å². The van der Waals surface area contributed by atoms with Crippen molar-refractivity contribution in [3.05, 3.63) is 41.3 Å². The summed E-state index contributed by atoms with van der Waals surface area (Å²) in [7, 11) is 0. The number of hydrogen-bond donors (Lipinski definition) is 1. The van der Waals surface area contributed by atoms with Crippen LogP contribution in [0.5, 0.6) is 5.75 Å². The lowest BCUT2D eigenvalue weighted by Crippen LogP contribution is -2.18. The van der Waals surface area contributed by atoms with Crippen molar-refractivity contribution < 1.29 is 27.2 Å². The van der Waals surface area contributed by atoms with Gasteiger partial charge in [0.15, 0.2) is 0 Å². The monoisotopic (exact) mass is 360 g/mol. The predicted octanol–water partition coefficient (Wildman–Crippen LogP) is 4.06. The molecule has 0 aliphatic rings. The van der Waals surface area contributed by atoms with E-state index in [9.17, 15) is 18.0 Å². The Morgan fingerprint density at radius 3 is 2.75 bits per heavy atom. The number of ether oxygens (including phenoxy) is 1. The molecule has 1 N–H and O–H groups in total. The lowest BCUT2D eigenvalue weighted by Gasteiger charge is -2.10. The van der Waals surface area contributed by atoms with E-state index in [-0.39, 0.29) is 23.1 Å².